The van der Waals surface area contributed by atoms with E-state index < -0.39 is 10.1 Å². The van der Waals surface area contributed by atoms with Crippen molar-refractivity contribution in [3.05, 3.63) is 35.9 Å². The van der Waals surface area contributed by atoms with Gasteiger partial charge < -0.3 is 4.72 Å². The van der Waals surface area contributed by atoms with Gasteiger partial charge in [-0.25, -0.2) is 0 Å². The van der Waals surface area contributed by atoms with Gasteiger partial charge in [-0.3, -0.25) is 4.79 Å². The largest absolute Gasteiger partial charge is 0.312 e. The number of carbonyl (C=O) groups excluding carboxylic acids is 1. The van der Waals surface area contributed by atoms with Crippen LogP contribution in [0.2, 0.25) is 0 Å². The first kappa shape index (κ1) is 10.5. The van der Waals surface area contributed by atoms with Crippen molar-refractivity contribution < 1.29 is 4.79 Å². The van der Waals surface area contributed by atoms with Crippen LogP contribution in [0.15, 0.2) is 30.3 Å². The minimum Gasteiger partial charge on any atom is -0.312 e. The lowest BCUT2D eigenvalue weighted by molar-refractivity contribution is -0.118. The SMILES string of the molecule is C[SH](S)NC(=O)Cc1ccccc1. The van der Waals surface area contributed by atoms with Crippen LogP contribution in [0.25, 0.3) is 0 Å². The van der Waals surface area contributed by atoms with Crippen molar-refractivity contribution in [3.63, 3.8) is 0 Å². The van der Waals surface area contributed by atoms with Crippen molar-refractivity contribution in [2.75, 3.05) is 6.26 Å². The summed E-state index contributed by atoms with van der Waals surface area (Å²) >= 11 is 4.14. The monoisotopic (exact) mass is 215 g/mol. The van der Waals surface area contributed by atoms with Crippen molar-refractivity contribution in [2.24, 2.45) is 0 Å². The summed E-state index contributed by atoms with van der Waals surface area (Å²) in [4.78, 5) is 11.3. The summed E-state index contributed by atoms with van der Waals surface area (Å²) in [6, 6.07) is 9.68. The summed E-state index contributed by atoms with van der Waals surface area (Å²) in [5, 5.41) is 0. The fourth-order valence-electron chi connectivity index (χ4n) is 1.00. The number of carbonyl (C=O) groups is 1. The molecule has 0 aliphatic carbocycles. The molecule has 0 spiro atoms. The zero-order valence-corrected chi connectivity index (χ0v) is 9.19. The van der Waals surface area contributed by atoms with Crippen molar-refractivity contribution >= 4 is 27.7 Å². The van der Waals surface area contributed by atoms with Crippen LogP contribution in [0.1, 0.15) is 5.56 Å². The summed E-state index contributed by atoms with van der Waals surface area (Å²) in [5.74, 6) is 0.0369. The molecule has 1 unspecified atom stereocenters. The smallest absolute Gasteiger partial charge is 0.233 e. The Bertz CT molecular complexity index is 274. The van der Waals surface area contributed by atoms with Crippen LogP contribution in [0.4, 0.5) is 0 Å². The first-order valence-corrected chi connectivity index (χ1v) is 6.88. The predicted molar refractivity (Wildman–Crippen MR) is 62.2 cm³/mol. The molecule has 1 N–H and O–H groups in total. The minimum absolute atomic E-state index is 0.0369. The highest BCUT2D eigenvalue weighted by Crippen LogP contribution is 2.18. The molecule has 0 aromatic heterocycles. The van der Waals surface area contributed by atoms with Crippen molar-refractivity contribution in [3.8, 4) is 0 Å². The van der Waals surface area contributed by atoms with Gasteiger partial charge in [0.1, 0.15) is 0 Å². The second-order valence-corrected chi connectivity index (χ2v) is 5.79. The van der Waals surface area contributed by atoms with Crippen molar-refractivity contribution in [1.82, 2.24) is 4.72 Å². The molecule has 1 amide bonds. The van der Waals surface area contributed by atoms with Crippen LogP contribution in [0.3, 0.4) is 0 Å². The van der Waals surface area contributed by atoms with Gasteiger partial charge in [0.05, 0.1) is 6.42 Å². The van der Waals surface area contributed by atoms with Crippen LogP contribution in [0, 0.1) is 0 Å². The van der Waals surface area contributed by atoms with Gasteiger partial charge in [0.2, 0.25) is 5.91 Å². The fraction of sp³-hybridized carbons (Fsp3) is 0.222. The minimum atomic E-state index is -0.641. The first-order valence-electron chi connectivity index (χ1n) is 3.94. The standard InChI is InChI=1S/C9H13NOS2/c1-13(12)10-9(11)7-8-5-3-2-4-6-8/h2-6,12-13H,7H2,1H3,(H,10,11). The van der Waals surface area contributed by atoms with E-state index in [1.165, 1.54) is 0 Å². The Morgan fingerprint density at radius 1 is 1.46 bits per heavy atom. The molecule has 0 aliphatic rings. The number of amides is 1. The lowest BCUT2D eigenvalue weighted by Crippen LogP contribution is -2.19. The topological polar surface area (TPSA) is 29.1 Å². The van der Waals surface area contributed by atoms with E-state index in [1.54, 1.807) is 0 Å². The summed E-state index contributed by atoms with van der Waals surface area (Å²) in [5.41, 5.74) is 1.03. The molecule has 0 radical (unpaired) electrons. The normalized spacial score (nSPS) is 13.5. The van der Waals surface area contributed by atoms with Gasteiger partial charge in [-0.15, -0.1) is 21.8 Å². The number of hydrogen-bond acceptors (Lipinski definition) is 2. The van der Waals surface area contributed by atoms with E-state index >= 15 is 0 Å². The molecule has 72 valence electrons. The second kappa shape index (κ2) is 5.19. The molecule has 0 aliphatic heterocycles. The highest BCUT2D eigenvalue weighted by atomic mass is 33.1. The average Bonchev–Trinajstić information content (AvgIpc) is 2.04. The molecule has 0 heterocycles. The highest BCUT2D eigenvalue weighted by Gasteiger charge is 2.02. The molecule has 4 heteroatoms. The van der Waals surface area contributed by atoms with Gasteiger partial charge in [0.15, 0.2) is 0 Å². The van der Waals surface area contributed by atoms with Crippen LogP contribution in [-0.2, 0) is 11.2 Å². The third kappa shape index (κ3) is 4.24. The molecule has 1 rings (SSSR count). The van der Waals surface area contributed by atoms with Crippen molar-refractivity contribution in [2.45, 2.75) is 6.42 Å². The Hall–Kier alpha value is -0.610. The maximum atomic E-state index is 11.3. The summed E-state index contributed by atoms with van der Waals surface area (Å²) < 4.78 is 2.78. The zero-order valence-electron chi connectivity index (χ0n) is 7.40. The van der Waals surface area contributed by atoms with E-state index in [9.17, 15) is 4.79 Å². The Kier molecular flexibility index (Phi) is 4.18. The predicted octanol–water partition coefficient (Wildman–Crippen LogP) is 1.74. The van der Waals surface area contributed by atoms with Crippen molar-refractivity contribution in [1.29, 1.82) is 0 Å². The second-order valence-electron chi connectivity index (χ2n) is 2.72. The Labute approximate surface area is 86.0 Å². The van der Waals surface area contributed by atoms with E-state index in [2.05, 4.69) is 16.4 Å². The molecule has 0 saturated carbocycles. The van der Waals surface area contributed by atoms with E-state index in [4.69, 9.17) is 0 Å². The van der Waals surface area contributed by atoms with Gasteiger partial charge in [-0.2, -0.15) is 0 Å². The van der Waals surface area contributed by atoms with Crippen LogP contribution in [0.5, 0.6) is 0 Å². The Morgan fingerprint density at radius 3 is 2.62 bits per heavy atom. The van der Waals surface area contributed by atoms with E-state index in [1.807, 2.05) is 36.6 Å². The maximum absolute atomic E-state index is 11.3. The van der Waals surface area contributed by atoms with Gasteiger partial charge in [-0.1, -0.05) is 30.3 Å². The molecule has 0 fully saturated rings. The molecular formula is C9H13NOS2. The zero-order chi connectivity index (χ0) is 9.68. The molecule has 1 aromatic rings. The van der Waals surface area contributed by atoms with E-state index in [-0.39, 0.29) is 5.91 Å². The van der Waals surface area contributed by atoms with Crippen LogP contribution < -0.4 is 4.72 Å². The van der Waals surface area contributed by atoms with Crippen LogP contribution >= 0.6 is 21.8 Å². The molecule has 1 atom stereocenters. The maximum Gasteiger partial charge on any atom is 0.233 e. The van der Waals surface area contributed by atoms with Crippen LogP contribution in [-0.4, -0.2) is 12.2 Å². The molecule has 2 nitrogen and oxygen atoms in total. The summed E-state index contributed by atoms with van der Waals surface area (Å²) in [6.07, 6.45) is 2.33. The molecule has 0 bridgehead atoms. The number of nitrogens with one attached hydrogen (secondary N) is 1. The fourth-order valence-corrected chi connectivity index (χ4v) is 1.78. The van der Waals surface area contributed by atoms with E-state index in [0.717, 1.165) is 5.56 Å². The Morgan fingerprint density at radius 2 is 2.08 bits per heavy atom. The lowest BCUT2D eigenvalue weighted by atomic mass is 10.1. The third-order valence-electron chi connectivity index (χ3n) is 1.49. The number of rotatable bonds is 3. The van der Waals surface area contributed by atoms with Gasteiger partial charge in [0, 0.05) is 0 Å². The number of thiol groups is 2. The lowest BCUT2D eigenvalue weighted by Gasteiger charge is -2.10. The highest BCUT2D eigenvalue weighted by molar-refractivity contribution is 8.77. The molecular weight excluding hydrogens is 202 g/mol. The summed E-state index contributed by atoms with van der Waals surface area (Å²) in [7, 11) is -0.641. The first-order chi connectivity index (χ1) is 6.18. The quantitative estimate of drug-likeness (QED) is 0.520. The summed E-state index contributed by atoms with van der Waals surface area (Å²) in [6.45, 7) is 0. The number of benzene rings is 1. The molecule has 13 heavy (non-hydrogen) atoms. The molecule has 0 saturated heterocycles. The van der Waals surface area contributed by atoms with Gasteiger partial charge in [-0.05, 0) is 11.8 Å². The Balaban J connectivity index is 2.46. The van der Waals surface area contributed by atoms with E-state index in [0.29, 0.717) is 6.42 Å². The molecule has 1 aromatic carbocycles. The third-order valence-corrected chi connectivity index (χ3v) is 2.37. The average molecular weight is 215 g/mol. The number of hydrogen-bond donors (Lipinski definition) is 3. The van der Waals surface area contributed by atoms with Gasteiger partial charge in [0.25, 0.3) is 0 Å². The van der Waals surface area contributed by atoms with Gasteiger partial charge >= 0.3 is 0 Å².